The van der Waals surface area contributed by atoms with Gasteiger partial charge in [-0.1, -0.05) is 24.6 Å². The van der Waals surface area contributed by atoms with Gasteiger partial charge in [-0.2, -0.15) is 0 Å². The van der Waals surface area contributed by atoms with Gasteiger partial charge in [-0.25, -0.2) is 4.79 Å². The molecule has 0 radical (unpaired) electrons. The monoisotopic (exact) mass is 366 g/mol. The van der Waals surface area contributed by atoms with Crippen molar-refractivity contribution < 1.29 is 4.79 Å². The highest BCUT2D eigenvalue weighted by Gasteiger charge is 2.15. The van der Waals surface area contributed by atoms with Gasteiger partial charge in [0.2, 0.25) is 5.91 Å². The lowest BCUT2D eigenvalue weighted by molar-refractivity contribution is -0.121. The summed E-state index contributed by atoms with van der Waals surface area (Å²) in [7, 11) is 0. The van der Waals surface area contributed by atoms with E-state index in [0.29, 0.717) is 23.9 Å². The summed E-state index contributed by atoms with van der Waals surface area (Å²) in [6.07, 6.45) is 2.31. The maximum Gasteiger partial charge on any atom is 0.331 e. The number of aryl methyl sites for hydroxylation is 1. The zero-order valence-electron chi connectivity index (χ0n) is 15.4. The molecular weight excluding hydrogens is 344 g/mol. The van der Waals surface area contributed by atoms with Gasteiger partial charge in [-0.3, -0.25) is 23.7 Å². The molecule has 1 aromatic carbocycles. The van der Waals surface area contributed by atoms with Crippen molar-refractivity contribution in [1.29, 1.82) is 0 Å². The Kier molecular flexibility index (Phi) is 5.49. The molecule has 0 saturated carbocycles. The molecule has 1 N–H and O–H groups in total. The summed E-state index contributed by atoms with van der Waals surface area (Å²) in [6.45, 7) is 4.22. The van der Waals surface area contributed by atoms with Crippen molar-refractivity contribution in [3.63, 3.8) is 0 Å². The van der Waals surface area contributed by atoms with Crippen molar-refractivity contribution in [3.8, 4) is 0 Å². The number of carbonyl (C=O) groups is 1. The summed E-state index contributed by atoms with van der Waals surface area (Å²) in [6, 6.07) is 10.8. The number of hydrogen-bond acceptors (Lipinski definition) is 4. The van der Waals surface area contributed by atoms with E-state index in [1.165, 1.54) is 9.13 Å². The first-order chi connectivity index (χ1) is 13.0. The van der Waals surface area contributed by atoms with Crippen molar-refractivity contribution in [3.05, 3.63) is 74.7 Å². The largest absolute Gasteiger partial charge is 0.349 e. The van der Waals surface area contributed by atoms with E-state index in [4.69, 9.17) is 0 Å². The molecule has 0 atom stereocenters. The first-order valence-electron chi connectivity index (χ1n) is 8.92. The predicted molar refractivity (Wildman–Crippen MR) is 104 cm³/mol. The second-order valence-corrected chi connectivity index (χ2v) is 6.44. The average Bonchev–Trinajstić information content (AvgIpc) is 2.68. The molecule has 0 fully saturated rings. The Balaban J connectivity index is 1.96. The van der Waals surface area contributed by atoms with Crippen LogP contribution in [0.1, 0.15) is 24.6 Å². The van der Waals surface area contributed by atoms with Gasteiger partial charge >= 0.3 is 5.69 Å². The zero-order chi connectivity index (χ0) is 19.4. The molecule has 0 aliphatic rings. The van der Waals surface area contributed by atoms with Crippen LogP contribution in [0.5, 0.6) is 0 Å². The molecule has 3 rings (SSSR count). The molecule has 140 valence electrons. The highest BCUT2D eigenvalue weighted by Crippen LogP contribution is 2.11. The fourth-order valence-electron chi connectivity index (χ4n) is 3.00. The summed E-state index contributed by atoms with van der Waals surface area (Å²) < 4.78 is 2.56. The first-order valence-corrected chi connectivity index (χ1v) is 8.92. The number of hydrogen-bond donors (Lipinski definition) is 1. The van der Waals surface area contributed by atoms with Gasteiger partial charge in [-0.15, -0.1) is 0 Å². The topological polar surface area (TPSA) is 86.0 Å². The Labute approximate surface area is 156 Å². The van der Waals surface area contributed by atoms with Crippen molar-refractivity contribution in [1.82, 2.24) is 19.4 Å². The van der Waals surface area contributed by atoms with Gasteiger partial charge in [0, 0.05) is 12.7 Å². The summed E-state index contributed by atoms with van der Waals surface area (Å²) in [5.41, 5.74) is 1.34. The van der Waals surface area contributed by atoms with E-state index in [0.717, 1.165) is 11.3 Å². The van der Waals surface area contributed by atoms with Gasteiger partial charge in [0.25, 0.3) is 5.56 Å². The molecule has 0 saturated heterocycles. The maximum atomic E-state index is 12.8. The molecule has 0 aliphatic heterocycles. The lowest BCUT2D eigenvalue weighted by atomic mass is 10.1. The predicted octanol–water partition coefficient (Wildman–Crippen LogP) is 1.59. The van der Waals surface area contributed by atoms with Crippen LogP contribution in [0.25, 0.3) is 10.9 Å². The number of nitrogens with one attached hydrogen (secondary N) is 1. The summed E-state index contributed by atoms with van der Waals surface area (Å²) >= 11 is 0. The van der Waals surface area contributed by atoms with Crippen LogP contribution in [0.4, 0.5) is 0 Å². The van der Waals surface area contributed by atoms with E-state index < -0.39 is 5.69 Å². The van der Waals surface area contributed by atoms with Crippen LogP contribution < -0.4 is 16.6 Å². The summed E-state index contributed by atoms with van der Waals surface area (Å²) in [5, 5.41) is 3.21. The molecule has 0 unspecified atom stereocenters. The molecular formula is C20H22N4O3. The van der Waals surface area contributed by atoms with Crippen LogP contribution in [0.2, 0.25) is 0 Å². The molecule has 27 heavy (non-hydrogen) atoms. The number of rotatable bonds is 6. The number of aromatic nitrogens is 3. The number of fused-ring (bicyclic) bond motifs is 1. The van der Waals surface area contributed by atoms with Crippen LogP contribution in [0, 0.1) is 6.92 Å². The number of nitrogens with zero attached hydrogens (tertiary/aromatic N) is 3. The third kappa shape index (κ3) is 3.97. The minimum atomic E-state index is -0.466. The van der Waals surface area contributed by atoms with Crippen LogP contribution in [-0.2, 0) is 24.4 Å². The van der Waals surface area contributed by atoms with Crippen molar-refractivity contribution in [2.45, 2.75) is 39.9 Å². The minimum Gasteiger partial charge on any atom is -0.349 e. The fraction of sp³-hybridized carbons (Fsp3) is 0.300. The van der Waals surface area contributed by atoms with E-state index in [9.17, 15) is 14.4 Å². The summed E-state index contributed by atoms with van der Waals surface area (Å²) in [5.74, 6) is -0.314. The first kappa shape index (κ1) is 18.6. The lowest BCUT2D eigenvalue weighted by Crippen LogP contribution is -2.42. The summed E-state index contributed by atoms with van der Waals surface area (Å²) in [4.78, 5) is 42.1. The number of pyridine rings is 1. The van der Waals surface area contributed by atoms with Crippen molar-refractivity contribution >= 4 is 16.8 Å². The number of benzene rings is 1. The Morgan fingerprint density at radius 1 is 1.15 bits per heavy atom. The Hall–Kier alpha value is -3.22. The molecule has 0 aliphatic carbocycles. The van der Waals surface area contributed by atoms with Crippen LogP contribution in [0.15, 0.2) is 52.2 Å². The van der Waals surface area contributed by atoms with Crippen molar-refractivity contribution in [2.75, 3.05) is 0 Å². The van der Waals surface area contributed by atoms with Gasteiger partial charge in [0.1, 0.15) is 6.54 Å². The van der Waals surface area contributed by atoms with E-state index in [1.807, 2.05) is 32.0 Å². The molecule has 2 aromatic heterocycles. The van der Waals surface area contributed by atoms with E-state index in [1.54, 1.807) is 24.4 Å². The normalized spacial score (nSPS) is 10.9. The van der Waals surface area contributed by atoms with Crippen LogP contribution in [0.3, 0.4) is 0 Å². The van der Waals surface area contributed by atoms with Crippen LogP contribution in [-0.4, -0.2) is 20.0 Å². The molecule has 2 heterocycles. The third-order valence-corrected chi connectivity index (χ3v) is 4.32. The van der Waals surface area contributed by atoms with Crippen LogP contribution >= 0.6 is 0 Å². The zero-order valence-corrected chi connectivity index (χ0v) is 15.4. The minimum absolute atomic E-state index is 0.158. The third-order valence-electron chi connectivity index (χ3n) is 4.32. The SMILES string of the molecule is CCCn1c(=O)c2cc(C)ccc2n(CC(=O)NCc2ccccn2)c1=O. The van der Waals surface area contributed by atoms with Gasteiger partial charge < -0.3 is 5.32 Å². The molecule has 7 heteroatoms. The van der Waals surface area contributed by atoms with Gasteiger partial charge in [0.15, 0.2) is 0 Å². The average molecular weight is 366 g/mol. The second kappa shape index (κ2) is 7.99. The fourth-order valence-corrected chi connectivity index (χ4v) is 3.00. The Morgan fingerprint density at radius 2 is 1.96 bits per heavy atom. The Bertz CT molecular complexity index is 1080. The smallest absolute Gasteiger partial charge is 0.331 e. The Morgan fingerprint density at radius 3 is 2.67 bits per heavy atom. The van der Waals surface area contributed by atoms with Crippen molar-refractivity contribution in [2.24, 2.45) is 0 Å². The number of amides is 1. The highest BCUT2D eigenvalue weighted by atomic mass is 16.2. The highest BCUT2D eigenvalue weighted by molar-refractivity contribution is 5.82. The van der Waals surface area contributed by atoms with Gasteiger partial charge in [0.05, 0.1) is 23.1 Å². The molecule has 0 bridgehead atoms. The standard InChI is InChI=1S/C20H22N4O3/c1-3-10-23-19(26)16-11-14(2)7-8-17(16)24(20(23)27)13-18(25)22-12-15-6-4-5-9-21-15/h4-9,11H,3,10,12-13H2,1-2H3,(H,22,25). The quantitative estimate of drug-likeness (QED) is 0.718. The van der Waals surface area contributed by atoms with E-state index in [-0.39, 0.29) is 24.6 Å². The molecule has 0 spiro atoms. The molecule has 1 amide bonds. The lowest BCUT2D eigenvalue weighted by Gasteiger charge is -2.14. The molecule has 7 nitrogen and oxygen atoms in total. The number of carbonyl (C=O) groups excluding carboxylic acids is 1. The molecule has 3 aromatic rings. The van der Waals surface area contributed by atoms with Gasteiger partial charge in [-0.05, 0) is 37.6 Å². The van der Waals surface area contributed by atoms with E-state index >= 15 is 0 Å². The second-order valence-electron chi connectivity index (χ2n) is 6.44. The van der Waals surface area contributed by atoms with E-state index in [2.05, 4.69) is 10.3 Å². The maximum absolute atomic E-state index is 12.8.